The van der Waals surface area contributed by atoms with Crippen molar-refractivity contribution in [3.63, 3.8) is 0 Å². The van der Waals surface area contributed by atoms with Crippen molar-refractivity contribution in [3.05, 3.63) is 47.3 Å². The number of hydrogen-bond donors (Lipinski definition) is 1. The molecule has 1 unspecified atom stereocenters. The maximum Gasteiger partial charge on any atom is 0.218 e. The summed E-state index contributed by atoms with van der Waals surface area (Å²) in [6.45, 7) is 1.74. The fourth-order valence-corrected chi connectivity index (χ4v) is 3.92. The molecular weight excluding hydrogens is 316 g/mol. The second-order valence-electron chi connectivity index (χ2n) is 5.89. The maximum absolute atomic E-state index is 12.4. The van der Waals surface area contributed by atoms with Gasteiger partial charge in [0.15, 0.2) is 0 Å². The summed E-state index contributed by atoms with van der Waals surface area (Å²) in [4.78, 5) is 0. The number of methoxy groups -OCH3 is 1. The Balaban J connectivity index is 1.76. The molecule has 0 bridgehead atoms. The highest BCUT2D eigenvalue weighted by molar-refractivity contribution is 7.88. The Morgan fingerprint density at radius 1 is 1.35 bits per heavy atom. The molecule has 1 aliphatic carbocycles. The van der Waals surface area contributed by atoms with Gasteiger partial charge in [-0.1, -0.05) is 17.3 Å². The first-order chi connectivity index (χ1) is 11.0. The number of nitrogens with one attached hydrogen (secondary N) is 1. The Morgan fingerprint density at radius 3 is 2.57 bits per heavy atom. The molecule has 0 saturated heterocycles. The third-order valence-electron chi connectivity index (χ3n) is 3.89. The van der Waals surface area contributed by atoms with E-state index >= 15 is 0 Å². The van der Waals surface area contributed by atoms with E-state index in [1.54, 1.807) is 20.1 Å². The van der Waals surface area contributed by atoms with Crippen LogP contribution in [0.25, 0.3) is 0 Å². The van der Waals surface area contributed by atoms with E-state index in [2.05, 4.69) is 9.88 Å². The Morgan fingerprint density at radius 2 is 2.04 bits per heavy atom. The minimum atomic E-state index is -3.49. The van der Waals surface area contributed by atoms with Gasteiger partial charge in [-0.2, -0.15) is 0 Å². The van der Waals surface area contributed by atoms with Gasteiger partial charge in [0.05, 0.1) is 7.11 Å². The highest BCUT2D eigenvalue weighted by Gasteiger charge is 2.35. The zero-order chi connectivity index (χ0) is 16.4. The molecule has 124 valence electrons. The lowest BCUT2D eigenvalue weighted by Crippen LogP contribution is -2.31. The molecule has 0 spiro atoms. The molecule has 1 N–H and O–H groups in total. The lowest BCUT2D eigenvalue weighted by atomic mass is 10.0. The molecule has 1 atom stereocenters. The zero-order valence-corrected chi connectivity index (χ0v) is 14.0. The van der Waals surface area contributed by atoms with Gasteiger partial charge in [0, 0.05) is 12.1 Å². The molecule has 0 aliphatic heterocycles. The topological polar surface area (TPSA) is 81.4 Å². The van der Waals surface area contributed by atoms with E-state index in [-0.39, 0.29) is 11.8 Å². The molecule has 0 amide bonds. The monoisotopic (exact) mass is 336 g/mol. The van der Waals surface area contributed by atoms with Crippen LogP contribution in [0.2, 0.25) is 0 Å². The van der Waals surface area contributed by atoms with E-state index in [0.29, 0.717) is 17.4 Å². The van der Waals surface area contributed by atoms with Gasteiger partial charge < -0.3 is 9.26 Å². The number of aryl methyl sites for hydroxylation is 1. The molecule has 23 heavy (non-hydrogen) atoms. The molecule has 6 nitrogen and oxygen atoms in total. The highest BCUT2D eigenvalue weighted by Crippen LogP contribution is 2.41. The molecule has 0 radical (unpaired) electrons. The Labute approximate surface area is 135 Å². The largest absolute Gasteiger partial charge is 0.497 e. The molecule has 1 heterocycles. The molecule has 1 aromatic carbocycles. The van der Waals surface area contributed by atoms with E-state index < -0.39 is 10.0 Å². The average Bonchev–Trinajstić information content (AvgIpc) is 3.28. The lowest BCUT2D eigenvalue weighted by molar-refractivity contribution is 0.392. The van der Waals surface area contributed by atoms with E-state index in [1.807, 2.05) is 24.3 Å². The quantitative estimate of drug-likeness (QED) is 0.840. The minimum absolute atomic E-state index is 0.177. The van der Waals surface area contributed by atoms with Gasteiger partial charge in [-0.3, -0.25) is 0 Å². The van der Waals surface area contributed by atoms with Gasteiger partial charge in [-0.25, -0.2) is 13.1 Å². The molecule has 3 rings (SSSR count). The van der Waals surface area contributed by atoms with Crippen molar-refractivity contribution >= 4 is 10.0 Å². The summed E-state index contributed by atoms with van der Waals surface area (Å²) in [5, 5.41) is 3.75. The third kappa shape index (κ3) is 4.11. The van der Waals surface area contributed by atoms with Crippen LogP contribution in [0.1, 0.15) is 35.9 Å². The Hall–Kier alpha value is -1.86. The number of rotatable bonds is 7. The van der Waals surface area contributed by atoms with Gasteiger partial charge in [0.25, 0.3) is 0 Å². The second kappa shape index (κ2) is 6.33. The van der Waals surface area contributed by atoms with Crippen LogP contribution in [-0.4, -0.2) is 20.7 Å². The van der Waals surface area contributed by atoms with Crippen molar-refractivity contribution in [3.8, 4) is 5.75 Å². The lowest BCUT2D eigenvalue weighted by Gasteiger charge is -2.18. The Kier molecular flexibility index (Phi) is 4.41. The van der Waals surface area contributed by atoms with Crippen LogP contribution >= 0.6 is 0 Å². The minimum Gasteiger partial charge on any atom is -0.497 e. The first kappa shape index (κ1) is 16.0. The summed E-state index contributed by atoms with van der Waals surface area (Å²) < 4.78 is 37.8. The van der Waals surface area contributed by atoms with Crippen molar-refractivity contribution in [2.45, 2.75) is 31.6 Å². The van der Waals surface area contributed by atoms with E-state index in [0.717, 1.165) is 24.2 Å². The maximum atomic E-state index is 12.4. The van der Waals surface area contributed by atoms with Crippen molar-refractivity contribution in [1.82, 2.24) is 9.88 Å². The van der Waals surface area contributed by atoms with Gasteiger partial charge >= 0.3 is 0 Å². The molecule has 2 aromatic rings. The fourth-order valence-electron chi connectivity index (χ4n) is 2.59. The zero-order valence-electron chi connectivity index (χ0n) is 13.2. The standard InChI is InChI=1S/C16H20N2O4S/c1-11-9-14(17-22-11)10-23(19,20)18-16(12-3-4-12)13-5-7-15(21-2)8-6-13/h5-9,12,16,18H,3-4,10H2,1-2H3. The van der Waals surface area contributed by atoms with Crippen LogP contribution in [0, 0.1) is 12.8 Å². The molecule has 1 aromatic heterocycles. The summed E-state index contributed by atoms with van der Waals surface area (Å²) in [7, 11) is -1.89. The number of ether oxygens (including phenoxy) is 1. The summed E-state index contributed by atoms with van der Waals surface area (Å²) in [6, 6.07) is 8.94. The predicted molar refractivity (Wildman–Crippen MR) is 85.5 cm³/mol. The summed E-state index contributed by atoms with van der Waals surface area (Å²) in [5.74, 6) is 1.52. The van der Waals surface area contributed by atoms with E-state index in [9.17, 15) is 8.42 Å². The summed E-state index contributed by atoms with van der Waals surface area (Å²) in [6.07, 6.45) is 2.06. The summed E-state index contributed by atoms with van der Waals surface area (Å²) >= 11 is 0. The van der Waals surface area contributed by atoms with Crippen LogP contribution in [-0.2, 0) is 15.8 Å². The first-order valence-electron chi connectivity index (χ1n) is 7.53. The fraction of sp³-hybridized carbons (Fsp3) is 0.438. The molecule has 1 fully saturated rings. The van der Waals surface area contributed by atoms with Crippen molar-refractivity contribution in [2.75, 3.05) is 7.11 Å². The normalized spacial score (nSPS) is 16.3. The summed E-state index contributed by atoms with van der Waals surface area (Å²) in [5.41, 5.74) is 1.37. The SMILES string of the molecule is COc1ccc(C(NS(=O)(=O)Cc2cc(C)on2)C2CC2)cc1. The Bertz CT molecular complexity index is 764. The van der Waals surface area contributed by atoms with E-state index in [1.165, 1.54) is 0 Å². The van der Waals surface area contributed by atoms with Crippen LogP contribution in [0.15, 0.2) is 34.9 Å². The van der Waals surface area contributed by atoms with Gasteiger partial charge in [-0.05, 0) is 43.4 Å². The van der Waals surface area contributed by atoms with E-state index in [4.69, 9.17) is 9.26 Å². The number of hydrogen-bond acceptors (Lipinski definition) is 5. The first-order valence-corrected chi connectivity index (χ1v) is 9.18. The molecule has 1 aliphatic rings. The van der Waals surface area contributed by atoms with Crippen LogP contribution in [0.3, 0.4) is 0 Å². The van der Waals surface area contributed by atoms with Crippen molar-refractivity contribution in [2.24, 2.45) is 5.92 Å². The van der Waals surface area contributed by atoms with Gasteiger partial charge in [-0.15, -0.1) is 0 Å². The van der Waals surface area contributed by atoms with Crippen LogP contribution in [0.5, 0.6) is 5.75 Å². The van der Waals surface area contributed by atoms with Gasteiger partial charge in [0.2, 0.25) is 10.0 Å². The van der Waals surface area contributed by atoms with Crippen LogP contribution < -0.4 is 9.46 Å². The average molecular weight is 336 g/mol. The number of sulfonamides is 1. The molecule has 7 heteroatoms. The molecule has 1 saturated carbocycles. The number of aromatic nitrogens is 1. The van der Waals surface area contributed by atoms with Crippen LogP contribution in [0.4, 0.5) is 0 Å². The molecular formula is C16H20N2O4S. The number of benzene rings is 1. The smallest absolute Gasteiger partial charge is 0.218 e. The predicted octanol–water partition coefficient (Wildman–Crippen LogP) is 2.56. The van der Waals surface area contributed by atoms with Gasteiger partial charge in [0.1, 0.15) is 23.0 Å². The third-order valence-corrected chi connectivity index (χ3v) is 5.18. The highest BCUT2D eigenvalue weighted by atomic mass is 32.2. The van der Waals surface area contributed by atoms with Crippen molar-refractivity contribution in [1.29, 1.82) is 0 Å². The number of nitrogens with zero attached hydrogens (tertiary/aromatic N) is 1. The second-order valence-corrected chi connectivity index (χ2v) is 7.65. The van der Waals surface area contributed by atoms with Crippen molar-refractivity contribution < 1.29 is 17.7 Å².